The van der Waals surface area contributed by atoms with Crippen molar-refractivity contribution in [3.8, 4) is 0 Å². The van der Waals surface area contributed by atoms with Gasteiger partial charge in [0.25, 0.3) is 0 Å². The van der Waals surface area contributed by atoms with Crippen LogP contribution in [0.25, 0.3) is 0 Å². The van der Waals surface area contributed by atoms with Crippen molar-refractivity contribution in [1.29, 1.82) is 0 Å². The highest BCUT2D eigenvalue weighted by molar-refractivity contribution is 5.27. The van der Waals surface area contributed by atoms with Crippen LogP contribution in [0.3, 0.4) is 0 Å². The fourth-order valence-electron chi connectivity index (χ4n) is 2.12. The maximum absolute atomic E-state index is 3.78. The van der Waals surface area contributed by atoms with Crippen molar-refractivity contribution in [3.63, 3.8) is 0 Å². The molecule has 0 bridgehead atoms. The Labute approximate surface area is 124 Å². The number of allylic oxidation sites excluding steroid dienone is 1. The van der Waals surface area contributed by atoms with Gasteiger partial charge >= 0.3 is 0 Å². The van der Waals surface area contributed by atoms with E-state index >= 15 is 0 Å². The molecule has 0 aliphatic heterocycles. The average Bonchev–Trinajstić information content (AvgIpc) is 2.37. The third kappa shape index (κ3) is 6.88. The second-order valence-corrected chi connectivity index (χ2v) is 6.54. The van der Waals surface area contributed by atoms with E-state index in [1.54, 1.807) is 0 Å². The van der Waals surface area contributed by atoms with Crippen LogP contribution in [0.2, 0.25) is 0 Å². The van der Waals surface area contributed by atoms with Crippen LogP contribution in [0.1, 0.15) is 44.7 Å². The van der Waals surface area contributed by atoms with E-state index in [4.69, 9.17) is 0 Å². The molecule has 0 aliphatic rings. The second-order valence-electron chi connectivity index (χ2n) is 6.54. The van der Waals surface area contributed by atoms with Gasteiger partial charge in [0.15, 0.2) is 0 Å². The number of hydrogen-bond donors (Lipinski definition) is 1. The fraction of sp³-hybridized carbons (Fsp3) is 0.556. The molecule has 112 valence electrons. The molecule has 0 amide bonds. The van der Waals surface area contributed by atoms with Gasteiger partial charge in [0, 0.05) is 18.6 Å². The van der Waals surface area contributed by atoms with Gasteiger partial charge in [-0.3, -0.25) is 0 Å². The Morgan fingerprint density at radius 3 is 2.45 bits per heavy atom. The summed E-state index contributed by atoms with van der Waals surface area (Å²) in [5.74, 6) is 0. The normalized spacial score (nSPS) is 11.8. The minimum absolute atomic E-state index is 0.156. The van der Waals surface area contributed by atoms with Crippen LogP contribution in [0.15, 0.2) is 36.9 Å². The summed E-state index contributed by atoms with van der Waals surface area (Å²) in [5.41, 5.74) is 2.98. The summed E-state index contributed by atoms with van der Waals surface area (Å²) in [5, 5.41) is 3.57. The highest BCUT2D eigenvalue weighted by Crippen LogP contribution is 2.13. The quantitative estimate of drug-likeness (QED) is 0.570. The van der Waals surface area contributed by atoms with Crippen molar-refractivity contribution < 1.29 is 0 Å². The number of unbranched alkanes of at least 4 members (excludes halogenated alkanes) is 1. The van der Waals surface area contributed by atoms with Gasteiger partial charge in [-0.25, -0.2) is 0 Å². The Bertz CT molecular complexity index is 404. The Hall–Kier alpha value is -1.12. The van der Waals surface area contributed by atoms with Crippen molar-refractivity contribution >= 4 is 0 Å². The molecule has 0 radical (unpaired) electrons. The molecule has 2 nitrogen and oxygen atoms in total. The van der Waals surface area contributed by atoms with Crippen LogP contribution >= 0.6 is 0 Å². The highest BCUT2D eigenvalue weighted by Gasteiger charge is 2.10. The van der Waals surface area contributed by atoms with Crippen LogP contribution in [0.4, 0.5) is 0 Å². The zero-order valence-corrected chi connectivity index (χ0v) is 13.6. The molecule has 0 saturated heterocycles. The molecule has 0 spiro atoms. The van der Waals surface area contributed by atoms with E-state index < -0.39 is 0 Å². The molecule has 1 aromatic carbocycles. The highest BCUT2D eigenvalue weighted by atomic mass is 15.1. The zero-order valence-electron chi connectivity index (χ0n) is 13.6. The van der Waals surface area contributed by atoms with Gasteiger partial charge < -0.3 is 10.2 Å². The Morgan fingerprint density at radius 1 is 1.20 bits per heavy atom. The number of benzene rings is 1. The Kier molecular flexibility index (Phi) is 6.97. The predicted molar refractivity (Wildman–Crippen MR) is 88.8 cm³/mol. The molecule has 1 N–H and O–H groups in total. The molecule has 0 saturated carbocycles. The van der Waals surface area contributed by atoms with E-state index in [2.05, 4.69) is 68.9 Å². The van der Waals surface area contributed by atoms with Crippen molar-refractivity contribution in [1.82, 2.24) is 10.2 Å². The fourth-order valence-corrected chi connectivity index (χ4v) is 2.12. The SMILES string of the molecule is C=CCCCN(C)Cc1ccccc1CNC(C)(C)C. The number of hydrogen-bond acceptors (Lipinski definition) is 2. The van der Waals surface area contributed by atoms with Crippen LogP contribution in [-0.2, 0) is 13.1 Å². The summed E-state index contributed by atoms with van der Waals surface area (Å²) in [6.45, 7) is 13.5. The molecule has 0 unspecified atom stereocenters. The van der Waals surface area contributed by atoms with E-state index in [1.807, 2.05) is 6.08 Å². The standard InChI is InChI=1S/C18H30N2/c1-6-7-10-13-20(5)15-17-12-9-8-11-16(17)14-19-18(2,3)4/h6,8-9,11-12,19H,1,7,10,13-15H2,2-5H3. The molecule has 0 heterocycles. The summed E-state index contributed by atoms with van der Waals surface area (Å²) >= 11 is 0. The van der Waals surface area contributed by atoms with Crippen LogP contribution < -0.4 is 5.32 Å². The molecule has 1 rings (SSSR count). The molecular weight excluding hydrogens is 244 g/mol. The molecule has 2 heteroatoms. The molecule has 0 aromatic heterocycles. The van der Waals surface area contributed by atoms with Crippen LogP contribution in [-0.4, -0.2) is 24.0 Å². The number of nitrogens with one attached hydrogen (secondary N) is 1. The lowest BCUT2D eigenvalue weighted by molar-refractivity contribution is 0.321. The van der Waals surface area contributed by atoms with Gasteiger partial charge in [0.1, 0.15) is 0 Å². The topological polar surface area (TPSA) is 15.3 Å². The molecule has 0 aliphatic carbocycles. The predicted octanol–water partition coefficient (Wildman–Crippen LogP) is 3.97. The van der Waals surface area contributed by atoms with Crippen molar-refractivity contribution in [2.45, 2.75) is 52.2 Å². The molecule has 0 fully saturated rings. The maximum Gasteiger partial charge on any atom is 0.0233 e. The first-order valence-electron chi connectivity index (χ1n) is 7.53. The van der Waals surface area contributed by atoms with Gasteiger partial charge in [0.2, 0.25) is 0 Å². The van der Waals surface area contributed by atoms with E-state index in [1.165, 1.54) is 17.5 Å². The van der Waals surface area contributed by atoms with Gasteiger partial charge in [-0.15, -0.1) is 6.58 Å². The minimum atomic E-state index is 0.156. The first-order valence-corrected chi connectivity index (χ1v) is 7.53. The average molecular weight is 274 g/mol. The molecular formula is C18H30N2. The van der Waals surface area contributed by atoms with Crippen molar-refractivity contribution in [2.24, 2.45) is 0 Å². The first-order chi connectivity index (χ1) is 9.42. The van der Waals surface area contributed by atoms with E-state index in [0.29, 0.717) is 0 Å². The number of nitrogens with zero attached hydrogens (tertiary/aromatic N) is 1. The molecule has 20 heavy (non-hydrogen) atoms. The van der Waals surface area contributed by atoms with Gasteiger partial charge in [-0.1, -0.05) is 30.3 Å². The minimum Gasteiger partial charge on any atom is -0.308 e. The molecule has 1 aromatic rings. The third-order valence-corrected chi connectivity index (χ3v) is 3.32. The summed E-state index contributed by atoms with van der Waals surface area (Å²) < 4.78 is 0. The van der Waals surface area contributed by atoms with E-state index in [-0.39, 0.29) is 5.54 Å². The largest absolute Gasteiger partial charge is 0.308 e. The number of rotatable bonds is 8. The zero-order chi connectivity index (χ0) is 15.0. The summed E-state index contributed by atoms with van der Waals surface area (Å²) in [6, 6.07) is 8.73. The van der Waals surface area contributed by atoms with Gasteiger partial charge in [-0.05, 0) is 58.3 Å². The smallest absolute Gasteiger partial charge is 0.0233 e. The second kappa shape index (κ2) is 8.23. The van der Waals surface area contributed by atoms with Crippen molar-refractivity contribution in [2.75, 3.05) is 13.6 Å². The Morgan fingerprint density at radius 2 is 1.85 bits per heavy atom. The van der Waals surface area contributed by atoms with E-state index in [0.717, 1.165) is 26.1 Å². The maximum atomic E-state index is 3.78. The van der Waals surface area contributed by atoms with Gasteiger partial charge in [-0.2, -0.15) is 0 Å². The lowest BCUT2D eigenvalue weighted by atomic mass is 10.0. The Balaban J connectivity index is 2.58. The van der Waals surface area contributed by atoms with Crippen molar-refractivity contribution in [3.05, 3.63) is 48.0 Å². The van der Waals surface area contributed by atoms with Crippen LogP contribution in [0, 0.1) is 0 Å². The third-order valence-electron chi connectivity index (χ3n) is 3.32. The molecule has 0 atom stereocenters. The lowest BCUT2D eigenvalue weighted by Gasteiger charge is -2.23. The summed E-state index contributed by atoms with van der Waals surface area (Å²) in [7, 11) is 2.19. The summed E-state index contributed by atoms with van der Waals surface area (Å²) in [4.78, 5) is 2.39. The summed E-state index contributed by atoms with van der Waals surface area (Å²) in [6.07, 6.45) is 4.27. The van der Waals surface area contributed by atoms with Gasteiger partial charge in [0.05, 0.1) is 0 Å². The van der Waals surface area contributed by atoms with Crippen LogP contribution in [0.5, 0.6) is 0 Å². The van der Waals surface area contributed by atoms with E-state index in [9.17, 15) is 0 Å². The first kappa shape index (κ1) is 16.9. The monoisotopic (exact) mass is 274 g/mol. The lowest BCUT2D eigenvalue weighted by Crippen LogP contribution is -2.35.